The molecule has 0 aromatic carbocycles. The van der Waals surface area contributed by atoms with E-state index in [-0.39, 0.29) is 18.1 Å². The van der Waals surface area contributed by atoms with Crippen molar-refractivity contribution in [3.63, 3.8) is 0 Å². The number of hydrogen-bond acceptors (Lipinski definition) is 4. The molecule has 3 heterocycles. The minimum Gasteiger partial charge on any atom is -0.380 e. The molecule has 1 N–H and O–H groups in total. The molecule has 1 aromatic heterocycles. The number of aromatic nitrogens is 2. The summed E-state index contributed by atoms with van der Waals surface area (Å²) in [4.78, 5) is 28.6. The first-order chi connectivity index (χ1) is 13.1. The lowest BCUT2D eigenvalue weighted by Gasteiger charge is -2.34. The maximum Gasteiger partial charge on any atom is 0.317 e. The van der Waals surface area contributed by atoms with E-state index in [9.17, 15) is 9.59 Å². The summed E-state index contributed by atoms with van der Waals surface area (Å²) in [5.74, 6) is 0.528. The molecular formula is C19H29N5O3. The molecule has 8 nitrogen and oxygen atoms in total. The number of methoxy groups -OCH3 is 1. The summed E-state index contributed by atoms with van der Waals surface area (Å²) >= 11 is 0. The van der Waals surface area contributed by atoms with Gasteiger partial charge in [-0.1, -0.05) is 6.42 Å². The van der Waals surface area contributed by atoms with E-state index in [0.29, 0.717) is 25.5 Å². The lowest BCUT2D eigenvalue weighted by molar-refractivity contribution is -0.139. The van der Waals surface area contributed by atoms with Gasteiger partial charge in [-0.2, -0.15) is 5.10 Å². The first kappa shape index (κ1) is 18.3. The molecule has 0 bridgehead atoms. The van der Waals surface area contributed by atoms with Gasteiger partial charge in [0.25, 0.3) is 0 Å². The topological polar surface area (TPSA) is 79.7 Å². The maximum atomic E-state index is 12.5. The van der Waals surface area contributed by atoms with Gasteiger partial charge in [-0.05, 0) is 31.7 Å². The van der Waals surface area contributed by atoms with Gasteiger partial charge < -0.3 is 19.9 Å². The standard InChI is InChI=1S/C19H29N5O3/c1-27-17-6-3-7-23(13-17)19(26)20-11-15-10-16-12-22(8-9-24(16)21-15)18(25)14-4-2-5-14/h10,14,17H,2-9,11-13H2,1H3,(H,20,26). The van der Waals surface area contributed by atoms with Crippen LogP contribution in [-0.2, 0) is 29.2 Å². The van der Waals surface area contributed by atoms with Crippen molar-refractivity contribution >= 4 is 11.9 Å². The number of nitrogens with zero attached hydrogens (tertiary/aromatic N) is 4. The Morgan fingerprint density at radius 3 is 2.78 bits per heavy atom. The SMILES string of the molecule is COC1CCCN(C(=O)NCc2cc3n(n2)CCN(C(=O)C2CCC2)C3)C1. The monoisotopic (exact) mass is 375 g/mol. The number of amides is 3. The highest BCUT2D eigenvalue weighted by Crippen LogP contribution is 2.29. The largest absolute Gasteiger partial charge is 0.380 e. The maximum absolute atomic E-state index is 12.5. The normalized spacial score (nSPS) is 22.9. The molecule has 0 radical (unpaired) electrons. The van der Waals surface area contributed by atoms with Gasteiger partial charge in [0, 0.05) is 32.7 Å². The number of carbonyl (C=O) groups excluding carboxylic acids is 2. The lowest BCUT2D eigenvalue weighted by Crippen LogP contribution is -2.47. The number of hydrogen-bond donors (Lipinski definition) is 1. The molecule has 148 valence electrons. The Balaban J connectivity index is 1.30. The molecule has 1 saturated carbocycles. The second-order valence-electron chi connectivity index (χ2n) is 7.84. The average molecular weight is 375 g/mol. The molecule has 3 aliphatic rings. The lowest BCUT2D eigenvalue weighted by atomic mass is 9.84. The molecule has 1 aromatic rings. The van der Waals surface area contributed by atoms with Crippen LogP contribution < -0.4 is 5.32 Å². The first-order valence-electron chi connectivity index (χ1n) is 10.0. The van der Waals surface area contributed by atoms with Crippen molar-refractivity contribution in [3.05, 3.63) is 17.5 Å². The molecule has 8 heteroatoms. The zero-order valence-electron chi connectivity index (χ0n) is 16.0. The molecule has 2 aliphatic heterocycles. The van der Waals surface area contributed by atoms with E-state index >= 15 is 0 Å². The highest BCUT2D eigenvalue weighted by Gasteiger charge is 2.31. The van der Waals surface area contributed by atoms with Crippen LogP contribution in [0.2, 0.25) is 0 Å². The summed E-state index contributed by atoms with van der Waals surface area (Å²) in [6, 6.07) is 1.94. The van der Waals surface area contributed by atoms with Crippen LogP contribution in [0.3, 0.4) is 0 Å². The van der Waals surface area contributed by atoms with Gasteiger partial charge in [0.15, 0.2) is 0 Å². The Labute approximate surface area is 159 Å². The molecule has 4 rings (SSSR count). The predicted octanol–water partition coefficient (Wildman–Crippen LogP) is 1.35. The molecule has 1 atom stereocenters. The first-order valence-corrected chi connectivity index (χ1v) is 10.0. The molecular weight excluding hydrogens is 346 g/mol. The van der Waals surface area contributed by atoms with E-state index in [0.717, 1.165) is 56.7 Å². The minimum atomic E-state index is -0.0653. The fraction of sp³-hybridized carbons (Fsp3) is 0.737. The van der Waals surface area contributed by atoms with Crippen LogP contribution in [0.1, 0.15) is 43.5 Å². The van der Waals surface area contributed by atoms with Crippen molar-refractivity contribution in [2.75, 3.05) is 26.7 Å². The van der Waals surface area contributed by atoms with Gasteiger partial charge in [-0.3, -0.25) is 9.48 Å². The van der Waals surface area contributed by atoms with Crippen molar-refractivity contribution in [2.45, 2.75) is 57.8 Å². The zero-order chi connectivity index (χ0) is 18.8. The summed E-state index contributed by atoms with van der Waals surface area (Å²) in [6.45, 7) is 3.89. The summed E-state index contributed by atoms with van der Waals surface area (Å²) in [6.07, 6.45) is 5.34. The molecule has 1 unspecified atom stereocenters. The zero-order valence-corrected chi connectivity index (χ0v) is 16.0. The van der Waals surface area contributed by atoms with Crippen LogP contribution in [0.25, 0.3) is 0 Å². The number of ether oxygens (including phenoxy) is 1. The quantitative estimate of drug-likeness (QED) is 0.861. The highest BCUT2D eigenvalue weighted by atomic mass is 16.5. The summed E-state index contributed by atoms with van der Waals surface area (Å²) < 4.78 is 7.34. The summed E-state index contributed by atoms with van der Waals surface area (Å²) in [7, 11) is 1.70. The van der Waals surface area contributed by atoms with Crippen molar-refractivity contribution in [2.24, 2.45) is 5.92 Å². The number of fused-ring (bicyclic) bond motifs is 1. The van der Waals surface area contributed by atoms with Crippen molar-refractivity contribution in [1.29, 1.82) is 0 Å². The van der Waals surface area contributed by atoms with Gasteiger partial charge in [-0.25, -0.2) is 4.79 Å². The van der Waals surface area contributed by atoms with Crippen LogP contribution in [-0.4, -0.2) is 64.4 Å². The number of nitrogens with one attached hydrogen (secondary N) is 1. The Hall–Kier alpha value is -2.09. The van der Waals surface area contributed by atoms with Crippen LogP contribution in [0.15, 0.2) is 6.07 Å². The van der Waals surface area contributed by atoms with Gasteiger partial charge in [-0.15, -0.1) is 0 Å². The van der Waals surface area contributed by atoms with Gasteiger partial charge in [0.1, 0.15) is 0 Å². The molecule has 0 spiro atoms. The van der Waals surface area contributed by atoms with E-state index in [1.807, 2.05) is 20.5 Å². The second kappa shape index (κ2) is 7.88. The Kier molecular flexibility index (Phi) is 5.33. The van der Waals surface area contributed by atoms with Crippen molar-refractivity contribution < 1.29 is 14.3 Å². The second-order valence-corrected chi connectivity index (χ2v) is 7.84. The number of urea groups is 1. The predicted molar refractivity (Wildman–Crippen MR) is 98.8 cm³/mol. The number of likely N-dealkylation sites (tertiary alicyclic amines) is 1. The van der Waals surface area contributed by atoms with Crippen LogP contribution in [0.4, 0.5) is 4.79 Å². The number of piperidine rings is 1. The van der Waals surface area contributed by atoms with Gasteiger partial charge >= 0.3 is 6.03 Å². The van der Waals surface area contributed by atoms with Crippen LogP contribution in [0, 0.1) is 5.92 Å². The third-order valence-corrected chi connectivity index (χ3v) is 6.03. The van der Waals surface area contributed by atoms with E-state index < -0.39 is 0 Å². The molecule has 3 amide bonds. The van der Waals surface area contributed by atoms with Gasteiger partial charge in [0.05, 0.1) is 37.1 Å². The number of rotatable bonds is 4. The fourth-order valence-electron chi connectivity index (χ4n) is 4.11. The van der Waals surface area contributed by atoms with Gasteiger partial charge in [0.2, 0.25) is 5.91 Å². The molecule has 2 fully saturated rings. The minimum absolute atomic E-state index is 0.0653. The third kappa shape index (κ3) is 3.95. The van der Waals surface area contributed by atoms with E-state index in [4.69, 9.17) is 4.74 Å². The Bertz CT molecular complexity index is 700. The molecule has 1 saturated heterocycles. The van der Waals surface area contributed by atoms with Crippen LogP contribution in [0.5, 0.6) is 0 Å². The molecule has 27 heavy (non-hydrogen) atoms. The fourth-order valence-corrected chi connectivity index (χ4v) is 4.11. The van der Waals surface area contributed by atoms with E-state index in [2.05, 4.69) is 10.4 Å². The number of carbonyl (C=O) groups is 2. The Morgan fingerprint density at radius 1 is 1.19 bits per heavy atom. The van der Waals surface area contributed by atoms with Crippen molar-refractivity contribution in [3.8, 4) is 0 Å². The highest BCUT2D eigenvalue weighted by molar-refractivity contribution is 5.79. The van der Waals surface area contributed by atoms with E-state index in [1.165, 1.54) is 6.42 Å². The van der Waals surface area contributed by atoms with Crippen molar-refractivity contribution in [1.82, 2.24) is 24.9 Å². The Morgan fingerprint density at radius 2 is 2.04 bits per heavy atom. The smallest absolute Gasteiger partial charge is 0.317 e. The average Bonchev–Trinajstić information content (AvgIpc) is 3.06. The summed E-state index contributed by atoms with van der Waals surface area (Å²) in [5, 5.41) is 7.56. The van der Waals surface area contributed by atoms with E-state index in [1.54, 1.807) is 7.11 Å². The molecule has 1 aliphatic carbocycles. The summed E-state index contributed by atoms with van der Waals surface area (Å²) in [5.41, 5.74) is 1.90. The third-order valence-electron chi connectivity index (χ3n) is 6.03. The van der Waals surface area contributed by atoms with Crippen LogP contribution >= 0.6 is 0 Å².